The second-order valence-electron chi connectivity index (χ2n) is 6.37. The number of carbonyl (C=O) groups is 2. The van der Waals surface area contributed by atoms with Crippen LogP contribution < -0.4 is 10.0 Å². The summed E-state index contributed by atoms with van der Waals surface area (Å²) in [7, 11) is -4.00. The molecule has 1 aliphatic carbocycles. The summed E-state index contributed by atoms with van der Waals surface area (Å²) in [5.74, 6) is -0.522. The molecule has 2 N–H and O–H groups in total. The molecule has 2 rings (SSSR count). The van der Waals surface area contributed by atoms with Crippen LogP contribution in [0, 0.1) is 0 Å². The molecule has 7 nitrogen and oxygen atoms in total. The summed E-state index contributed by atoms with van der Waals surface area (Å²) in [5.41, 5.74) is 0.254. The Morgan fingerprint density at radius 3 is 2.19 bits per heavy atom. The number of ether oxygens (including phenoxy) is 1. The molecule has 26 heavy (non-hydrogen) atoms. The smallest absolute Gasteiger partial charge is 0.338 e. The standard InChI is InChI=1S/C18H26N2O5S/c1-2-25-17(21)14-10-12-16(13-11-14)26(23,24)20-18(22)19-15-8-6-4-3-5-7-9-15/h10-13,15H,2-9H2,1H3,(H2,19,20,22). The third-order valence-electron chi connectivity index (χ3n) is 4.34. The number of amides is 2. The van der Waals surface area contributed by atoms with Gasteiger partial charge in [-0.05, 0) is 44.0 Å². The highest BCUT2D eigenvalue weighted by molar-refractivity contribution is 7.90. The van der Waals surface area contributed by atoms with Gasteiger partial charge in [0.1, 0.15) is 0 Å². The van der Waals surface area contributed by atoms with E-state index < -0.39 is 22.0 Å². The normalized spacial score (nSPS) is 16.2. The van der Waals surface area contributed by atoms with Crippen LogP contribution in [0.5, 0.6) is 0 Å². The Hall–Kier alpha value is -2.09. The van der Waals surface area contributed by atoms with E-state index in [0.717, 1.165) is 38.5 Å². The maximum atomic E-state index is 12.3. The van der Waals surface area contributed by atoms with Crippen LogP contribution in [0.4, 0.5) is 4.79 Å². The number of esters is 1. The Kier molecular flexibility index (Phi) is 7.44. The first-order valence-electron chi connectivity index (χ1n) is 9.03. The van der Waals surface area contributed by atoms with Crippen LogP contribution in [-0.2, 0) is 14.8 Å². The van der Waals surface area contributed by atoms with Crippen molar-refractivity contribution in [3.05, 3.63) is 29.8 Å². The summed E-state index contributed by atoms with van der Waals surface area (Å²) < 4.78 is 31.5. The number of urea groups is 1. The number of rotatable bonds is 5. The van der Waals surface area contributed by atoms with E-state index >= 15 is 0 Å². The van der Waals surface area contributed by atoms with Crippen LogP contribution in [0.2, 0.25) is 0 Å². The van der Waals surface area contributed by atoms with Crippen LogP contribution in [0.3, 0.4) is 0 Å². The molecular weight excluding hydrogens is 356 g/mol. The molecular formula is C18H26N2O5S. The van der Waals surface area contributed by atoms with Gasteiger partial charge in [-0.1, -0.05) is 32.1 Å². The average Bonchev–Trinajstić information content (AvgIpc) is 2.57. The summed E-state index contributed by atoms with van der Waals surface area (Å²) in [6, 6.07) is 4.55. The SMILES string of the molecule is CCOC(=O)c1ccc(S(=O)(=O)NC(=O)NC2CCCCCCC2)cc1. The molecule has 1 aliphatic rings. The van der Waals surface area contributed by atoms with Crippen LogP contribution in [0.25, 0.3) is 0 Å². The van der Waals surface area contributed by atoms with Crippen molar-refractivity contribution in [1.29, 1.82) is 0 Å². The zero-order valence-electron chi connectivity index (χ0n) is 15.0. The first-order valence-corrected chi connectivity index (χ1v) is 10.5. The van der Waals surface area contributed by atoms with E-state index in [1.807, 2.05) is 4.72 Å². The van der Waals surface area contributed by atoms with Crippen molar-refractivity contribution in [3.8, 4) is 0 Å². The minimum Gasteiger partial charge on any atom is -0.462 e. The molecule has 0 aliphatic heterocycles. The van der Waals surface area contributed by atoms with E-state index in [-0.39, 0.29) is 23.1 Å². The molecule has 0 bridgehead atoms. The molecule has 0 aromatic heterocycles. The topological polar surface area (TPSA) is 102 Å². The quantitative estimate of drug-likeness (QED) is 0.763. The van der Waals surface area contributed by atoms with Gasteiger partial charge in [0, 0.05) is 6.04 Å². The number of sulfonamides is 1. The maximum Gasteiger partial charge on any atom is 0.338 e. The number of nitrogens with one attached hydrogen (secondary N) is 2. The minimum atomic E-state index is -4.00. The van der Waals surface area contributed by atoms with Gasteiger partial charge in [0.15, 0.2) is 0 Å². The molecule has 0 spiro atoms. The number of hydrogen-bond donors (Lipinski definition) is 2. The second-order valence-corrected chi connectivity index (χ2v) is 8.05. The molecule has 2 amide bonds. The summed E-state index contributed by atoms with van der Waals surface area (Å²) in [6.45, 7) is 1.93. The molecule has 0 atom stereocenters. The zero-order valence-corrected chi connectivity index (χ0v) is 15.8. The number of carbonyl (C=O) groups excluding carboxylic acids is 2. The summed E-state index contributed by atoms with van der Waals surface area (Å²) in [4.78, 5) is 23.6. The van der Waals surface area contributed by atoms with Gasteiger partial charge >= 0.3 is 12.0 Å². The van der Waals surface area contributed by atoms with Crippen LogP contribution in [0.15, 0.2) is 29.2 Å². The fraction of sp³-hybridized carbons (Fsp3) is 0.556. The minimum absolute atomic E-state index is 0.00306. The van der Waals surface area contributed by atoms with Gasteiger partial charge in [-0.25, -0.2) is 22.7 Å². The van der Waals surface area contributed by atoms with Gasteiger partial charge in [-0.2, -0.15) is 0 Å². The molecule has 0 heterocycles. The van der Waals surface area contributed by atoms with E-state index in [2.05, 4.69) is 5.32 Å². The molecule has 1 aromatic carbocycles. The lowest BCUT2D eigenvalue weighted by Crippen LogP contribution is -2.44. The van der Waals surface area contributed by atoms with E-state index in [9.17, 15) is 18.0 Å². The molecule has 0 unspecified atom stereocenters. The molecule has 8 heteroatoms. The van der Waals surface area contributed by atoms with Crippen molar-refractivity contribution in [2.24, 2.45) is 0 Å². The zero-order chi connectivity index (χ0) is 19.0. The van der Waals surface area contributed by atoms with Crippen molar-refractivity contribution in [2.45, 2.75) is 62.8 Å². The Morgan fingerprint density at radius 1 is 1.04 bits per heavy atom. The van der Waals surface area contributed by atoms with Crippen LogP contribution in [-0.4, -0.2) is 33.1 Å². The lowest BCUT2D eigenvalue weighted by atomic mass is 9.97. The lowest BCUT2D eigenvalue weighted by Gasteiger charge is -2.21. The second kappa shape index (κ2) is 9.56. The van der Waals surface area contributed by atoms with Gasteiger partial charge in [-0.15, -0.1) is 0 Å². The van der Waals surface area contributed by atoms with Crippen molar-refractivity contribution in [1.82, 2.24) is 10.0 Å². The van der Waals surface area contributed by atoms with Gasteiger partial charge in [0.25, 0.3) is 10.0 Å². The Morgan fingerprint density at radius 2 is 1.62 bits per heavy atom. The van der Waals surface area contributed by atoms with Crippen molar-refractivity contribution < 1.29 is 22.7 Å². The predicted molar refractivity (Wildman–Crippen MR) is 97.4 cm³/mol. The number of benzene rings is 1. The van der Waals surface area contributed by atoms with Crippen LogP contribution in [0.1, 0.15) is 62.2 Å². The summed E-state index contributed by atoms with van der Waals surface area (Å²) in [6.07, 6.45) is 7.30. The largest absolute Gasteiger partial charge is 0.462 e. The van der Waals surface area contributed by atoms with Crippen molar-refractivity contribution >= 4 is 22.0 Å². The fourth-order valence-corrected chi connectivity index (χ4v) is 3.90. The van der Waals surface area contributed by atoms with Crippen molar-refractivity contribution in [3.63, 3.8) is 0 Å². The Balaban J connectivity index is 1.96. The van der Waals surface area contributed by atoms with E-state index in [1.54, 1.807) is 6.92 Å². The molecule has 0 saturated heterocycles. The monoisotopic (exact) mass is 382 g/mol. The Bertz CT molecular complexity index is 708. The van der Waals surface area contributed by atoms with E-state index in [4.69, 9.17) is 4.74 Å². The lowest BCUT2D eigenvalue weighted by molar-refractivity contribution is 0.0526. The molecule has 144 valence electrons. The highest BCUT2D eigenvalue weighted by atomic mass is 32.2. The van der Waals surface area contributed by atoms with E-state index in [0.29, 0.717) is 0 Å². The third kappa shape index (κ3) is 6.01. The molecule has 1 saturated carbocycles. The molecule has 0 radical (unpaired) electrons. The highest BCUT2D eigenvalue weighted by Gasteiger charge is 2.21. The molecule has 1 fully saturated rings. The Labute approximate surface area is 154 Å². The number of hydrogen-bond acceptors (Lipinski definition) is 5. The third-order valence-corrected chi connectivity index (χ3v) is 5.69. The van der Waals surface area contributed by atoms with Crippen LogP contribution >= 0.6 is 0 Å². The highest BCUT2D eigenvalue weighted by Crippen LogP contribution is 2.17. The van der Waals surface area contributed by atoms with Crippen molar-refractivity contribution in [2.75, 3.05) is 6.61 Å². The first-order chi connectivity index (χ1) is 12.4. The van der Waals surface area contributed by atoms with Gasteiger partial charge < -0.3 is 10.1 Å². The summed E-state index contributed by atoms with van der Waals surface area (Å²) in [5, 5.41) is 2.76. The fourth-order valence-electron chi connectivity index (χ4n) is 2.98. The summed E-state index contributed by atoms with van der Waals surface area (Å²) >= 11 is 0. The van der Waals surface area contributed by atoms with E-state index in [1.165, 1.54) is 30.7 Å². The van der Waals surface area contributed by atoms with Gasteiger partial charge in [0.05, 0.1) is 17.1 Å². The predicted octanol–water partition coefficient (Wildman–Crippen LogP) is 2.96. The first kappa shape index (κ1) is 20.2. The van der Waals surface area contributed by atoms with Gasteiger partial charge in [0.2, 0.25) is 0 Å². The van der Waals surface area contributed by atoms with Gasteiger partial charge in [-0.3, -0.25) is 0 Å². The maximum absolute atomic E-state index is 12.3. The molecule has 1 aromatic rings. The average molecular weight is 382 g/mol.